The number of pyridine rings is 1. The molecule has 0 fully saturated rings. The van der Waals surface area contributed by atoms with Gasteiger partial charge in [0.25, 0.3) is 0 Å². The smallest absolute Gasteiger partial charge is 0.125 e. The van der Waals surface area contributed by atoms with Crippen LogP contribution in [0.25, 0.3) is 0 Å². The van der Waals surface area contributed by atoms with Crippen molar-refractivity contribution in [1.29, 1.82) is 0 Å². The molecule has 3 heteroatoms. The first-order chi connectivity index (χ1) is 7.26. The van der Waals surface area contributed by atoms with E-state index in [1.807, 2.05) is 18.3 Å². The number of hydrogen-bond acceptors (Lipinski definition) is 3. The van der Waals surface area contributed by atoms with Crippen molar-refractivity contribution in [2.24, 2.45) is 0 Å². The van der Waals surface area contributed by atoms with Crippen LogP contribution >= 0.6 is 0 Å². The normalized spacial score (nSPS) is 12.5. The van der Waals surface area contributed by atoms with E-state index >= 15 is 0 Å². The third-order valence-corrected chi connectivity index (χ3v) is 2.29. The molecule has 15 heavy (non-hydrogen) atoms. The molecule has 0 saturated carbocycles. The van der Waals surface area contributed by atoms with Crippen LogP contribution in [0.5, 0.6) is 0 Å². The van der Waals surface area contributed by atoms with Gasteiger partial charge in [0.15, 0.2) is 0 Å². The quantitative estimate of drug-likeness (QED) is 0.780. The van der Waals surface area contributed by atoms with Gasteiger partial charge in [0.05, 0.1) is 12.7 Å². The molecule has 1 aromatic rings. The van der Waals surface area contributed by atoms with Crippen molar-refractivity contribution in [3.8, 4) is 0 Å². The van der Waals surface area contributed by atoms with E-state index in [9.17, 15) is 0 Å². The summed E-state index contributed by atoms with van der Waals surface area (Å²) in [5, 5.41) is 3.16. The zero-order chi connectivity index (χ0) is 11.1. The van der Waals surface area contributed by atoms with E-state index in [2.05, 4.69) is 31.1 Å². The molecule has 1 unspecified atom stereocenters. The second kappa shape index (κ2) is 6.40. The molecule has 0 aliphatic rings. The number of ether oxygens (including phenoxy) is 1. The lowest BCUT2D eigenvalue weighted by atomic mass is 10.3. The molecule has 0 amide bonds. The highest BCUT2D eigenvalue weighted by Gasteiger charge is 2.00. The molecular weight excluding hydrogens is 188 g/mol. The van der Waals surface area contributed by atoms with E-state index in [1.54, 1.807) is 0 Å². The number of anilines is 1. The number of rotatable bonds is 6. The van der Waals surface area contributed by atoms with E-state index in [4.69, 9.17) is 4.74 Å². The van der Waals surface area contributed by atoms with Crippen LogP contribution in [-0.2, 0) is 11.3 Å². The molecule has 1 atom stereocenters. The van der Waals surface area contributed by atoms with Crippen molar-refractivity contribution in [3.05, 3.63) is 23.9 Å². The molecule has 1 heterocycles. The number of nitrogens with one attached hydrogen (secondary N) is 1. The monoisotopic (exact) mass is 208 g/mol. The van der Waals surface area contributed by atoms with Gasteiger partial charge in [-0.15, -0.1) is 0 Å². The maximum atomic E-state index is 5.62. The Balaban J connectivity index is 2.42. The average molecular weight is 208 g/mol. The van der Waals surface area contributed by atoms with Gasteiger partial charge in [0.2, 0.25) is 0 Å². The number of nitrogens with zero attached hydrogens (tertiary/aromatic N) is 1. The van der Waals surface area contributed by atoms with Crippen molar-refractivity contribution in [3.63, 3.8) is 0 Å². The Morgan fingerprint density at radius 2 is 2.20 bits per heavy atom. The maximum absolute atomic E-state index is 5.62. The summed E-state index contributed by atoms with van der Waals surface area (Å²) in [5.74, 6) is 0.921. The molecule has 1 aromatic heterocycles. The van der Waals surface area contributed by atoms with Crippen LogP contribution < -0.4 is 5.32 Å². The molecule has 1 N–H and O–H groups in total. The average Bonchev–Trinajstić information content (AvgIpc) is 2.28. The van der Waals surface area contributed by atoms with E-state index in [-0.39, 0.29) is 0 Å². The van der Waals surface area contributed by atoms with Crippen LogP contribution in [0.2, 0.25) is 0 Å². The minimum Gasteiger partial charge on any atom is -0.374 e. The Morgan fingerprint density at radius 1 is 1.40 bits per heavy atom. The van der Waals surface area contributed by atoms with Crippen molar-refractivity contribution in [1.82, 2.24) is 4.98 Å². The molecule has 3 nitrogen and oxygen atoms in total. The summed E-state index contributed by atoms with van der Waals surface area (Å²) in [6.45, 7) is 7.81. The summed E-state index contributed by atoms with van der Waals surface area (Å²) in [6.07, 6.45) is 3.22. The molecule has 0 spiro atoms. The van der Waals surface area contributed by atoms with Crippen LogP contribution in [0.1, 0.15) is 32.8 Å². The Kier molecular flexibility index (Phi) is 5.12. The van der Waals surface area contributed by atoms with Crippen LogP contribution in [-0.4, -0.2) is 17.6 Å². The SMILES string of the molecule is CCNc1ccc(COC(C)CC)cn1. The van der Waals surface area contributed by atoms with E-state index in [0.717, 1.165) is 24.3 Å². The van der Waals surface area contributed by atoms with Gasteiger partial charge in [0, 0.05) is 12.7 Å². The lowest BCUT2D eigenvalue weighted by Crippen LogP contribution is -2.06. The second-order valence-corrected chi connectivity index (χ2v) is 3.61. The predicted octanol–water partition coefficient (Wildman–Crippen LogP) is 2.83. The fourth-order valence-corrected chi connectivity index (χ4v) is 1.15. The van der Waals surface area contributed by atoms with E-state index in [0.29, 0.717) is 12.7 Å². The molecule has 0 bridgehead atoms. The predicted molar refractivity (Wildman–Crippen MR) is 62.9 cm³/mol. The topological polar surface area (TPSA) is 34.1 Å². The third-order valence-electron chi connectivity index (χ3n) is 2.29. The van der Waals surface area contributed by atoms with Gasteiger partial charge in [-0.2, -0.15) is 0 Å². The van der Waals surface area contributed by atoms with Gasteiger partial charge >= 0.3 is 0 Å². The van der Waals surface area contributed by atoms with Gasteiger partial charge in [-0.1, -0.05) is 13.0 Å². The first-order valence-corrected chi connectivity index (χ1v) is 5.56. The summed E-state index contributed by atoms with van der Waals surface area (Å²) >= 11 is 0. The summed E-state index contributed by atoms with van der Waals surface area (Å²) in [5.41, 5.74) is 1.12. The molecule has 0 aromatic carbocycles. The van der Waals surface area contributed by atoms with Gasteiger partial charge in [0.1, 0.15) is 5.82 Å². The van der Waals surface area contributed by atoms with Crippen LogP contribution in [0.4, 0.5) is 5.82 Å². The molecule has 0 aliphatic heterocycles. The lowest BCUT2D eigenvalue weighted by molar-refractivity contribution is 0.0507. The summed E-state index contributed by atoms with van der Waals surface area (Å²) < 4.78 is 5.62. The number of hydrogen-bond donors (Lipinski definition) is 1. The minimum atomic E-state index is 0.318. The van der Waals surface area contributed by atoms with Gasteiger partial charge < -0.3 is 10.1 Å². The van der Waals surface area contributed by atoms with E-state index in [1.165, 1.54) is 0 Å². The van der Waals surface area contributed by atoms with E-state index < -0.39 is 0 Å². The minimum absolute atomic E-state index is 0.318. The Labute approximate surface area is 91.9 Å². The first kappa shape index (κ1) is 12.0. The summed E-state index contributed by atoms with van der Waals surface area (Å²) in [6, 6.07) is 4.03. The fourth-order valence-electron chi connectivity index (χ4n) is 1.15. The first-order valence-electron chi connectivity index (χ1n) is 5.56. The molecule has 0 aliphatic carbocycles. The lowest BCUT2D eigenvalue weighted by Gasteiger charge is -2.10. The largest absolute Gasteiger partial charge is 0.374 e. The maximum Gasteiger partial charge on any atom is 0.125 e. The van der Waals surface area contributed by atoms with Crippen LogP contribution in [0, 0.1) is 0 Å². The Hall–Kier alpha value is -1.09. The van der Waals surface area contributed by atoms with Gasteiger partial charge in [-0.05, 0) is 31.9 Å². The van der Waals surface area contributed by atoms with Crippen LogP contribution in [0.3, 0.4) is 0 Å². The standard InChI is InChI=1S/C12H20N2O/c1-4-10(3)15-9-11-6-7-12(13-5-2)14-8-11/h6-8,10H,4-5,9H2,1-3H3,(H,13,14). The molecule has 1 rings (SSSR count). The van der Waals surface area contributed by atoms with Crippen molar-refractivity contribution >= 4 is 5.82 Å². The molecule has 0 saturated heterocycles. The second-order valence-electron chi connectivity index (χ2n) is 3.61. The van der Waals surface area contributed by atoms with Crippen molar-refractivity contribution in [2.75, 3.05) is 11.9 Å². The highest BCUT2D eigenvalue weighted by atomic mass is 16.5. The fraction of sp³-hybridized carbons (Fsp3) is 0.583. The molecule has 84 valence electrons. The van der Waals surface area contributed by atoms with Crippen molar-refractivity contribution < 1.29 is 4.74 Å². The summed E-state index contributed by atoms with van der Waals surface area (Å²) in [4.78, 5) is 4.28. The Bertz CT molecular complexity index is 271. The van der Waals surface area contributed by atoms with Gasteiger partial charge in [-0.25, -0.2) is 4.98 Å². The zero-order valence-corrected chi connectivity index (χ0v) is 9.79. The summed E-state index contributed by atoms with van der Waals surface area (Å²) in [7, 11) is 0. The van der Waals surface area contributed by atoms with Crippen molar-refractivity contribution in [2.45, 2.75) is 39.9 Å². The van der Waals surface area contributed by atoms with Crippen LogP contribution in [0.15, 0.2) is 18.3 Å². The third kappa shape index (κ3) is 4.30. The van der Waals surface area contributed by atoms with Gasteiger partial charge in [-0.3, -0.25) is 0 Å². The number of aromatic nitrogens is 1. The molecule has 0 radical (unpaired) electrons. The Morgan fingerprint density at radius 3 is 2.73 bits per heavy atom. The highest BCUT2D eigenvalue weighted by Crippen LogP contribution is 2.07. The highest BCUT2D eigenvalue weighted by molar-refractivity contribution is 5.34. The zero-order valence-electron chi connectivity index (χ0n) is 9.79. The molecular formula is C12H20N2O.